The number of hydrogen-bond donors (Lipinski definition) is 1. The highest BCUT2D eigenvalue weighted by Crippen LogP contribution is 1.94. The molecule has 0 aliphatic heterocycles. The van der Waals surface area contributed by atoms with Crippen molar-refractivity contribution in [3.05, 3.63) is 0 Å². The largest absolute Gasteiger partial charge is 0.466 e. The third-order valence-electron chi connectivity index (χ3n) is 2.00. The number of carbonyl (C=O) groups excluding carboxylic acids is 1. The lowest BCUT2D eigenvalue weighted by Gasteiger charge is -2.15. The van der Waals surface area contributed by atoms with E-state index < -0.39 is 0 Å². The van der Waals surface area contributed by atoms with E-state index in [0.29, 0.717) is 13.0 Å². The molecule has 0 saturated heterocycles. The third-order valence-corrected chi connectivity index (χ3v) is 2.00. The Bertz CT molecular complexity index is 151. The van der Waals surface area contributed by atoms with Gasteiger partial charge in [-0.1, -0.05) is 0 Å². The standard InChI is InChI=1S/C10H22N2O2/c1-3-14-10(13)6-9-12(2)8-5-4-7-11/h3-9,11H2,1-2H3. The molecule has 0 aliphatic rings. The summed E-state index contributed by atoms with van der Waals surface area (Å²) >= 11 is 0. The zero-order valence-electron chi connectivity index (χ0n) is 9.29. The van der Waals surface area contributed by atoms with Gasteiger partial charge in [0.15, 0.2) is 0 Å². The number of carbonyl (C=O) groups is 1. The highest BCUT2D eigenvalue weighted by molar-refractivity contribution is 5.69. The van der Waals surface area contributed by atoms with Gasteiger partial charge in [-0.25, -0.2) is 0 Å². The van der Waals surface area contributed by atoms with E-state index in [1.165, 1.54) is 0 Å². The zero-order chi connectivity index (χ0) is 10.8. The second-order valence-electron chi connectivity index (χ2n) is 3.35. The van der Waals surface area contributed by atoms with Crippen LogP contribution in [-0.2, 0) is 9.53 Å². The van der Waals surface area contributed by atoms with Crippen molar-refractivity contribution in [1.29, 1.82) is 0 Å². The number of ether oxygens (including phenoxy) is 1. The van der Waals surface area contributed by atoms with Crippen molar-refractivity contribution in [2.24, 2.45) is 5.73 Å². The molecular weight excluding hydrogens is 180 g/mol. The molecule has 4 heteroatoms. The van der Waals surface area contributed by atoms with Gasteiger partial charge in [-0.3, -0.25) is 4.79 Å². The van der Waals surface area contributed by atoms with Gasteiger partial charge in [0.05, 0.1) is 13.0 Å². The van der Waals surface area contributed by atoms with Crippen LogP contribution in [0.15, 0.2) is 0 Å². The molecule has 0 aliphatic carbocycles. The Kier molecular flexibility index (Phi) is 8.57. The van der Waals surface area contributed by atoms with Crippen LogP contribution in [0.25, 0.3) is 0 Å². The Labute approximate surface area is 86.4 Å². The van der Waals surface area contributed by atoms with Gasteiger partial charge < -0.3 is 15.4 Å². The van der Waals surface area contributed by atoms with E-state index in [1.54, 1.807) is 0 Å². The fraction of sp³-hybridized carbons (Fsp3) is 0.900. The first-order valence-corrected chi connectivity index (χ1v) is 5.25. The molecule has 0 aromatic heterocycles. The summed E-state index contributed by atoms with van der Waals surface area (Å²) in [6.45, 7) is 4.80. The number of esters is 1. The van der Waals surface area contributed by atoms with Crippen LogP contribution in [0.1, 0.15) is 26.2 Å². The van der Waals surface area contributed by atoms with Crippen molar-refractivity contribution in [3.8, 4) is 0 Å². The molecule has 14 heavy (non-hydrogen) atoms. The second-order valence-corrected chi connectivity index (χ2v) is 3.35. The summed E-state index contributed by atoms with van der Waals surface area (Å²) in [6.07, 6.45) is 2.62. The van der Waals surface area contributed by atoms with Crippen LogP contribution in [0.3, 0.4) is 0 Å². The molecule has 0 bridgehead atoms. The lowest BCUT2D eigenvalue weighted by atomic mass is 10.3. The van der Waals surface area contributed by atoms with E-state index in [2.05, 4.69) is 4.90 Å². The zero-order valence-corrected chi connectivity index (χ0v) is 9.29. The maximum atomic E-state index is 11.0. The van der Waals surface area contributed by atoms with E-state index in [9.17, 15) is 4.79 Å². The van der Waals surface area contributed by atoms with Gasteiger partial charge in [0.2, 0.25) is 0 Å². The minimum Gasteiger partial charge on any atom is -0.466 e. The smallest absolute Gasteiger partial charge is 0.307 e. The lowest BCUT2D eigenvalue weighted by Crippen LogP contribution is -2.24. The molecule has 0 rings (SSSR count). The Hall–Kier alpha value is -0.610. The molecule has 4 nitrogen and oxygen atoms in total. The van der Waals surface area contributed by atoms with Crippen LogP contribution in [0.4, 0.5) is 0 Å². The Morgan fingerprint density at radius 3 is 2.64 bits per heavy atom. The molecule has 0 fully saturated rings. The molecule has 0 aromatic rings. The van der Waals surface area contributed by atoms with Crippen LogP contribution in [0.2, 0.25) is 0 Å². The van der Waals surface area contributed by atoms with Crippen molar-refractivity contribution in [1.82, 2.24) is 4.90 Å². The predicted molar refractivity (Wildman–Crippen MR) is 57.0 cm³/mol. The molecule has 0 heterocycles. The molecule has 0 spiro atoms. The average molecular weight is 202 g/mol. The lowest BCUT2D eigenvalue weighted by molar-refractivity contribution is -0.143. The number of rotatable bonds is 8. The highest BCUT2D eigenvalue weighted by Gasteiger charge is 2.04. The monoisotopic (exact) mass is 202 g/mol. The van der Waals surface area contributed by atoms with E-state index in [4.69, 9.17) is 10.5 Å². The van der Waals surface area contributed by atoms with E-state index in [1.807, 2.05) is 14.0 Å². The van der Waals surface area contributed by atoms with Gasteiger partial charge in [-0.15, -0.1) is 0 Å². The van der Waals surface area contributed by atoms with Crippen LogP contribution < -0.4 is 5.73 Å². The molecule has 2 N–H and O–H groups in total. The number of unbranched alkanes of at least 4 members (excludes halogenated alkanes) is 1. The van der Waals surface area contributed by atoms with E-state index in [-0.39, 0.29) is 5.97 Å². The van der Waals surface area contributed by atoms with Gasteiger partial charge in [0, 0.05) is 6.54 Å². The van der Waals surface area contributed by atoms with E-state index >= 15 is 0 Å². The predicted octanol–water partition coefficient (Wildman–Crippen LogP) is 0.610. The van der Waals surface area contributed by atoms with Crippen LogP contribution in [0.5, 0.6) is 0 Å². The minimum absolute atomic E-state index is 0.113. The van der Waals surface area contributed by atoms with E-state index in [0.717, 1.165) is 32.5 Å². The SMILES string of the molecule is CCOC(=O)CCN(C)CCCCN. The summed E-state index contributed by atoms with van der Waals surface area (Å²) in [6, 6.07) is 0. The summed E-state index contributed by atoms with van der Waals surface area (Å²) < 4.78 is 4.83. The van der Waals surface area contributed by atoms with Gasteiger partial charge >= 0.3 is 5.97 Å². The Morgan fingerprint density at radius 2 is 2.07 bits per heavy atom. The first-order chi connectivity index (χ1) is 6.70. The maximum Gasteiger partial charge on any atom is 0.307 e. The molecule has 0 amide bonds. The van der Waals surface area contributed by atoms with Crippen molar-refractivity contribution in [2.45, 2.75) is 26.2 Å². The minimum atomic E-state index is -0.113. The number of nitrogens with zero attached hydrogens (tertiary/aromatic N) is 1. The summed E-state index contributed by atoms with van der Waals surface area (Å²) in [5, 5.41) is 0. The second kappa shape index (κ2) is 8.97. The molecule has 84 valence electrons. The normalized spacial score (nSPS) is 10.6. The number of nitrogens with two attached hydrogens (primary N) is 1. The maximum absolute atomic E-state index is 11.0. The van der Waals surface area contributed by atoms with Gasteiger partial charge in [0.25, 0.3) is 0 Å². The molecule has 0 radical (unpaired) electrons. The topological polar surface area (TPSA) is 55.6 Å². The highest BCUT2D eigenvalue weighted by atomic mass is 16.5. The number of hydrogen-bond acceptors (Lipinski definition) is 4. The van der Waals surface area contributed by atoms with Gasteiger partial charge in [0.1, 0.15) is 0 Å². The first-order valence-electron chi connectivity index (χ1n) is 5.25. The molecule has 0 saturated carbocycles. The van der Waals surface area contributed by atoms with Crippen molar-refractivity contribution in [2.75, 3.05) is 33.3 Å². The summed E-state index contributed by atoms with van der Waals surface area (Å²) in [7, 11) is 2.01. The fourth-order valence-corrected chi connectivity index (χ4v) is 1.15. The fourth-order valence-electron chi connectivity index (χ4n) is 1.15. The quantitative estimate of drug-likeness (QED) is 0.463. The molecule has 0 aromatic carbocycles. The van der Waals surface area contributed by atoms with Crippen LogP contribution in [0, 0.1) is 0 Å². The molecule has 0 unspecified atom stereocenters. The third kappa shape index (κ3) is 8.01. The van der Waals surface area contributed by atoms with Gasteiger partial charge in [-0.2, -0.15) is 0 Å². The molecular formula is C10H22N2O2. The summed E-state index contributed by atoms with van der Waals surface area (Å²) in [4.78, 5) is 13.1. The summed E-state index contributed by atoms with van der Waals surface area (Å²) in [5.41, 5.74) is 5.38. The van der Waals surface area contributed by atoms with Crippen molar-refractivity contribution < 1.29 is 9.53 Å². The van der Waals surface area contributed by atoms with Gasteiger partial charge in [-0.05, 0) is 39.9 Å². The van der Waals surface area contributed by atoms with Crippen LogP contribution in [-0.4, -0.2) is 44.2 Å². The average Bonchev–Trinajstić information content (AvgIpc) is 2.16. The molecule has 0 atom stereocenters. The van der Waals surface area contributed by atoms with Crippen molar-refractivity contribution >= 4 is 5.97 Å². The van der Waals surface area contributed by atoms with Crippen molar-refractivity contribution in [3.63, 3.8) is 0 Å². The Balaban J connectivity index is 3.33. The van der Waals surface area contributed by atoms with Crippen LogP contribution >= 0.6 is 0 Å². The Morgan fingerprint density at radius 1 is 1.36 bits per heavy atom. The first kappa shape index (κ1) is 13.4. The summed E-state index contributed by atoms with van der Waals surface area (Å²) in [5.74, 6) is -0.113.